The fraction of sp³-hybridized carbons (Fsp3) is 0.0588. The molecule has 2 aromatic carbocycles. The molecule has 4 heteroatoms. The molecule has 102 valence electrons. The van der Waals surface area contributed by atoms with Crippen LogP contribution in [0.25, 0.3) is 10.9 Å². The summed E-state index contributed by atoms with van der Waals surface area (Å²) in [5, 5.41) is 9.67. The van der Waals surface area contributed by atoms with Crippen molar-refractivity contribution >= 4 is 22.5 Å². The Balaban J connectivity index is 1.91. The third-order valence-corrected chi connectivity index (χ3v) is 3.77. The third kappa shape index (κ3) is 1.92. The van der Waals surface area contributed by atoms with Crippen molar-refractivity contribution in [3.05, 3.63) is 71.9 Å². The summed E-state index contributed by atoms with van der Waals surface area (Å²) >= 11 is 0. The number of hydrogen-bond acceptors (Lipinski definition) is 3. The van der Waals surface area contributed by atoms with Crippen molar-refractivity contribution in [1.82, 2.24) is 4.57 Å². The van der Waals surface area contributed by atoms with Gasteiger partial charge in [-0.1, -0.05) is 48.5 Å². The fourth-order valence-electron chi connectivity index (χ4n) is 2.72. The monoisotopic (exact) mass is 274 g/mol. The summed E-state index contributed by atoms with van der Waals surface area (Å²) in [4.78, 5) is 0. The summed E-state index contributed by atoms with van der Waals surface area (Å²) in [7, 11) is 0. The highest BCUT2D eigenvalue weighted by atomic mass is 15.3. The number of amidine groups is 1. The summed E-state index contributed by atoms with van der Waals surface area (Å²) < 4.78 is 2.17. The number of fused-ring (bicyclic) bond motifs is 3. The lowest BCUT2D eigenvalue weighted by Crippen LogP contribution is -2.18. The quantitative estimate of drug-likeness (QED) is 0.729. The van der Waals surface area contributed by atoms with Gasteiger partial charge < -0.3 is 10.3 Å². The maximum atomic E-state index is 6.07. The zero-order valence-electron chi connectivity index (χ0n) is 11.4. The number of benzene rings is 2. The van der Waals surface area contributed by atoms with Crippen LogP contribution in [-0.2, 0) is 6.54 Å². The molecule has 1 aromatic heterocycles. The van der Waals surface area contributed by atoms with Gasteiger partial charge in [-0.15, -0.1) is 5.10 Å². The molecule has 3 aromatic rings. The third-order valence-electron chi connectivity index (χ3n) is 3.77. The maximum absolute atomic E-state index is 6.07. The fourth-order valence-corrected chi connectivity index (χ4v) is 2.72. The molecule has 0 saturated carbocycles. The van der Waals surface area contributed by atoms with Crippen LogP contribution >= 0.6 is 0 Å². The Morgan fingerprint density at radius 1 is 0.905 bits per heavy atom. The molecule has 0 atom stereocenters. The Hall–Kier alpha value is -2.88. The minimum absolute atomic E-state index is 0.456. The largest absolute Gasteiger partial charge is 0.380 e. The molecule has 0 aliphatic carbocycles. The number of para-hydroxylation sites is 1. The van der Waals surface area contributed by atoms with E-state index < -0.39 is 0 Å². The number of aromatic nitrogens is 1. The predicted octanol–water partition coefficient (Wildman–Crippen LogP) is 2.76. The Morgan fingerprint density at radius 3 is 2.52 bits per heavy atom. The Labute approximate surface area is 122 Å². The first kappa shape index (κ1) is 11.9. The summed E-state index contributed by atoms with van der Waals surface area (Å²) in [6.07, 6.45) is 0. The van der Waals surface area contributed by atoms with Crippen LogP contribution in [0.1, 0.15) is 11.3 Å². The summed E-state index contributed by atoms with van der Waals surface area (Å²) in [5.41, 5.74) is 10.1. The first-order chi connectivity index (χ1) is 10.3. The first-order valence-electron chi connectivity index (χ1n) is 6.87. The van der Waals surface area contributed by atoms with Crippen LogP contribution < -0.4 is 5.73 Å². The van der Waals surface area contributed by atoms with Gasteiger partial charge in [-0.25, -0.2) is 0 Å². The second-order valence-electron chi connectivity index (χ2n) is 5.07. The molecule has 4 nitrogen and oxygen atoms in total. The van der Waals surface area contributed by atoms with Crippen molar-refractivity contribution in [2.24, 2.45) is 15.9 Å². The smallest absolute Gasteiger partial charge is 0.170 e. The van der Waals surface area contributed by atoms with E-state index >= 15 is 0 Å². The molecule has 0 spiro atoms. The second-order valence-corrected chi connectivity index (χ2v) is 5.07. The number of hydrogen-bond donors (Lipinski definition) is 1. The standard InChI is InChI=1S/C17H14N4/c18-17-16-10-13-8-4-5-9-15(13)21(16)11-14(19-20-17)12-6-2-1-3-7-12/h1-10H,11H2,(H2,18,20). The number of nitrogens with zero attached hydrogens (tertiary/aromatic N) is 3. The van der Waals surface area contributed by atoms with E-state index in [1.807, 2.05) is 42.5 Å². The minimum atomic E-state index is 0.456. The molecule has 21 heavy (non-hydrogen) atoms. The molecule has 0 bridgehead atoms. The van der Waals surface area contributed by atoms with Gasteiger partial charge in [-0.3, -0.25) is 0 Å². The minimum Gasteiger partial charge on any atom is -0.380 e. The van der Waals surface area contributed by atoms with Crippen LogP contribution in [0.15, 0.2) is 70.9 Å². The zero-order chi connectivity index (χ0) is 14.2. The van der Waals surface area contributed by atoms with Gasteiger partial charge in [0.05, 0.1) is 18.0 Å². The van der Waals surface area contributed by atoms with Gasteiger partial charge in [0.25, 0.3) is 0 Å². The molecule has 0 saturated heterocycles. The van der Waals surface area contributed by atoms with E-state index in [-0.39, 0.29) is 0 Å². The van der Waals surface area contributed by atoms with Gasteiger partial charge in [0.1, 0.15) is 0 Å². The zero-order valence-corrected chi connectivity index (χ0v) is 11.4. The molecule has 1 aliphatic rings. The Morgan fingerprint density at radius 2 is 1.67 bits per heavy atom. The summed E-state index contributed by atoms with van der Waals surface area (Å²) in [6.45, 7) is 0.664. The average Bonchev–Trinajstić information content (AvgIpc) is 2.82. The van der Waals surface area contributed by atoms with E-state index in [9.17, 15) is 0 Å². The van der Waals surface area contributed by atoms with Gasteiger partial charge in [0.2, 0.25) is 0 Å². The molecular weight excluding hydrogens is 260 g/mol. The molecule has 0 radical (unpaired) electrons. The molecule has 0 unspecified atom stereocenters. The van der Waals surface area contributed by atoms with Crippen molar-refractivity contribution in [2.45, 2.75) is 6.54 Å². The van der Waals surface area contributed by atoms with Crippen molar-refractivity contribution in [1.29, 1.82) is 0 Å². The van der Waals surface area contributed by atoms with Crippen LogP contribution in [0.4, 0.5) is 0 Å². The van der Waals surface area contributed by atoms with Crippen LogP contribution in [-0.4, -0.2) is 16.1 Å². The lowest BCUT2D eigenvalue weighted by molar-refractivity contribution is 0.889. The van der Waals surface area contributed by atoms with Crippen LogP contribution in [0.3, 0.4) is 0 Å². The SMILES string of the molecule is NC1=NN=C(c2ccccc2)Cn2c1cc1ccccc12. The molecule has 2 N–H and O–H groups in total. The molecular formula is C17H14N4. The van der Waals surface area contributed by atoms with Crippen LogP contribution in [0.2, 0.25) is 0 Å². The molecule has 0 amide bonds. The van der Waals surface area contributed by atoms with E-state index in [4.69, 9.17) is 5.73 Å². The second kappa shape index (κ2) is 4.59. The van der Waals surface area contributed by atoms with Crippen LogP contribution in [0.5, 0.6) is 0 Å². The molecule has 2 heterocycles. The summed E-state index contributed by atoms with van der Waals surface area (Å²) in [6, 6.07) is 20.4. The maximum Gasteiger partial charge on any atom is 0.170 e. The van der Waals surface area contributed by atoms with Gasteiger partial charge in [-0.2, -0.15) is 5.10 Å². The highest BCUT2D eigenvalue weighted by Crippen LogP contribution is 2.22. The molecule has 0 fully saturated rings. The highest BCUT2D eigenvalue weighted by molar-refractivity contribution is 6.07. The lowest BCUT2D eigenvalue weighted by Gasteiger charge is -2.09. The average molecular weight is 274 g/mol. The van der Waals surface area contributed by atoms with Gasteiger partial charge in [0, 0.05) is 10.9 Å². The Bertz CT molecular complexity index is 872. The van der Waals surface area contributed by atoms with E-state index in [2.05, 4.69) is 33.0 Å². The normalized spacial score (nSPS) is 14.3. The number of rotatable bonds is 1. The summed E-state index contributed by atoms with van der Waals surface area (Å²) in [5.74, 6) is 0.456. The topological polar surface area (TPSA) is 55.7 Å². The molecule has 1 aliphatic heterocycles. The first-order valence-corrected chi connectivity index (χ1v) is 6.87. The highest BCUT2D eigenvalue weighted by Gasteiger charge is 2.17. The van der Waals surface area contributed by atoms with Crippen molar-refractivity contribution in [3.63, 3.8) is 0 Å². The van der Waals surface area contributed by atoms with E-state index in [0.29, 0.717) is 12.4 Å². The van der Waals surface area contributed by atoms with E-state index in [1.54, 1.807) is 0 Å². The van der Waals surface area contributed by atoms with Gasteiger partial charge >= 0.3 is 0 Å². The number of nitrogens with two attached hydrogens (primary N) is 1. The lowest BCUT2D eigenvalue weighted by atomic mass is 10.1. The van der Waals surface area contributed by atoms with Crippen LogP contribution in [0, 0.1) is 0 Å². The van der Waals surface area contributed by atoms with Gasteiger partial charge in [0.15, 0.2) is 5.84 Å². The Kier molecular flexibility index (Phi) is 2.60. The molecule has 4 rings (SSSR count). The van der Waals surface area contributed by atoms with E-state index in [1.165, 1.54) is 5.39 Å². The van der Waals surface area contributed by atoms with Gasteiger partial charge in [-0.05, 0) is 17.7 Å². The van der Waals surface area contributed by atoms with Crippen molar-refractivity contribution in [2.75, 3.05) is 0 Å². The van der Waals surface area contributed by atoms with Crippen molar-refractivity contribution < 1.29 is 0 Å². The van der Waals surface area contributed by atoms with E-state index in [0.717, 1.165) is 22.5 Å². The predicted molar refractivity (Wildman–Crippen MR) is 85.6 cm³/mol. The van der Waals surface area contributed by atoms with Crippen molar-refractivity contribution in [3.8, 4) is 0 Å².